The lowest BCUT2D eigenvalue weighted by Gasteiger charge is -2.05. The van der Waals surface area contributed by atoms with Crippen LogP contribution in [-0.4, -0.2) is 21.0 Å². The first-order chi connectivity index (χ1) is 10.1. The number of rotatable bonds is 3. The number of carboxylic acids is 1. The Hall–Kier alpha value is -2.47. The Morgan fingerprint density at radius 2 is 1.86 bits per heavy atom. The second-order valence-corrected chi connectivity index (χ2v) is 5.33. The molecule has 0 radical (unpaired) electrons. The summed E-state index contributed by atoms with van der Waals surface area (Å²) in [7, 11) is 0. The number of hydrogen-bond acceptors (Lipinski definition) is 4. The monoisotopic (exact) mass is 300 g/mol. The highest BCUT2D eigenvalue weighted by atomic mass is 32.2. The Morgan fingerprint density at radius 3 is 2.57 bits per heavy atom. The van der Waals surface area contributed by atoms with Crippen molar-refractivity contribution in [3.05, 3.63) is 60.2 Å². The molecule has 1 aromatic heterocycles. The van der Waals surface area contributed by atoms with Crippen LogP contribution in [0, 0.1) is 5.82 Å². The third kappa shape index (κ3) is 2.85. The van der Waals surface area contributed by atoms with E-state index in [0.29, 0.717) is 10.5 Å². The zero-order valence-corrected chi connectivity index (χ0v) is 11.5. The molecule has 21 heavy (non-hydrogen) atoms. The van der Waals surface area contributed by atoms with Gasteiger partial charge in [0.1, 0.15) is 17.2 Å². The molecule has 0 aliphatic carbocycles. The van der Waals surface area contributed by atoms with Gasteiger partial charge in [0.05, 0.1) is 11.1 Å². The van der Waals surface area contributed by atoms with Crippen molar-refractivity contribution in [1.82, 2.24) is 9.97 Å². The topological polar surface area (TPSA) is 63.1 Å². The van der Waals surface area contributed by atoms with Crippen molar-refractivity contribution >= 4 is 28.6 Å². The van der Waals surface area contributed by atoms with Gasteiger partial charge in [-0.15, -0.1) is 0 Å². The average Bonchev–Trinajstić information content (AvgIpc) is 2.49. The maximum Gasteiger partial charge on any atom is 0.335 e. The summed E-state index contributed by atoms with van der Waals surface area (Å²) in [5, 5.41) is 10.4. The maximum atomic E-state index is 12.9. The molecule has 1 N–H and O–H groups in total. The first-order valence-electron chi connectivity index (χ1n) is 6.05. The first kappa shape index (κ1) is 13.5. The summed E-state index contributed by atoms with van der Waals surface area (Å²) in [6, 6.07) is 10.8. The molecule has 0 saturated carbocycles. The van der Waals surface area contributed by atoms with Gasteiger partial charge in [0.15, 0.2) is 0 Å². The third-order valence-corrected chi connectivity index (χ3v) is 3.90. The molecule has 0 aliphatic rings. The van der Waals surface area contributed by atoms with E-state index in [-0.39, 0.29) is 11.4 Å². The molecule has 0 fully saturated rings. The predicted molar refractivity (Wildman–Crippen MR) is 77.0 cm³/mol. The van der Waals surface area contributed by atoms with Crippen LogP contribution in [0.1, 0.15) is 10.4 Å². The fourth-order valence-electron chi connectivity index (χ4n) is 1.86. The van der Waals surface area contributed by atoms with Crippen molar-refractivity contribution < 1.29 is 14.3 Å². The molecule has 0 atom stereocenters. The minimum atomic E-state index is -0.997. The molecule has 0 unspecified atom stereocenters. The fourth-order valence-corrected chi connectivity index (χ4v) is 2.74. The number of aromatic nitrogens is 2. The van der Waals surface area contributed by atoms with Gasteiger partial charge < -0.3 is 5.11 Å². The van der Waals surface area contributed by atoms with Gasteiger partial charge in [0, 0.05) is 10.3 Å². The molecule has 1 heterocycles. The average molecular weight is 300 g/mol. The molecule has 0 saturated heterocycles. The molecular formula is C15H9FN2O2S. The smallest absolute Gasteiger partial charge is 0.335 e. The fraction of sp³-hybridized carbons (Fsp3) is 0. The minimum absolute atomic E-state index is 0.180. The van der Waals surface area contributed by atoms with E-state index in [1.165, 1.54) is 42.4 Å². The van der Waals surface area contributed by atoms with Crippen molar-refractivity contribution in [1.29, 1.82) is 0 Å². The van der Waals surface area contributed by atoms with Crippen LogP contribution >= 0.6 is 11.8 Å². The number of carbonyl (C=O) groups is 1. The van der Waals surface area contributed by atoms with Gasteiger partial charge >= 0.3 is 5.97 Å². The Kier molecular flexibility index (Phi) is 3.53. The number of hydrogen-bond donors (Lipinski definition) is 1. The number of aromatic carboxylic acids is 1. The quantitative estimate of drug-likeness (QED) is 0.748. The van der Waals surface area contributed by atoms with Gasteiger partial charge in [-0.1, -0.05) is 11.8 Å². The summed E-state index contributed by atoms with van der Waals surface area (Å²) in [5.74, 6) is -1.29. The van der Waals surface area contributed by atoms with E-state index in [1.807, 2.05) is 0 Å². The van der Waals surface area contributed by atoms with Crippen molar-refractivity contribution in [2.75, 3.05) is 0 Å². The van der Waals surface area contributed by atoms with Crippen LogP contribution in [0.3, 0.4) is 0 Å². The van der Waals surface area contributed by atoms with Crippen LogP contribution in [0.2, 0.25) is 0 Å². The highest BCUT2D eigenvalue weighted by molar-refractivity contribution is 7.99. The standard InChI is InChI=1S/C15H9FN2O2S/c16-10-2-4-11(5-3-10)21-14-12-6-1-9(15(19)20)7-13(12)17-8-18-14/h1-8H,(H,19,20). The lowest BCUT2D eigenvalue weighted by atomic mass is 10.1. The third-order valence-electron chi connectivity index (χ3n) is 2.88. The zero-order chi connectivity index (χ0) is 14.8. The number of carboxylic acid groups (broad SMARTS) is 1. The first-order valence-corrected chi connectivity index (χ1v) is 6.86. The summed E-state index contributed by atoms with van der Waals surface area (Å²) in [6.07, 6.45) is 1.39. The number of nitrogens with zero attached hydrogens (tertiary/aromatic N) is 2. The molecule has 3 aromatic rings. The molecule has 0 bridgehead atoms. The van der Waals surface area contributed by atoms with Gasteiger partial charge in [-0.25, -0.2) is 19.2 Å². The van der Waals surface area contributed by atoms with E-state index in [1.54, 1.807) is 18.2 Å². The molecular weight excluding hydrogens is 291 g/mol. The van der Waals surface area contributed by atoms with Crippen LogP contribution in [0.15, 0.2) is 58.7 Å². The molecule has 3 rings (SSSR count). The van der Waals surface area contributed by atoms with Crippen molar-refractivity contribution in [2.45, 2.75) is 9.92 Å². The number of fused-ring (bicyclic) bond motifs is 1. The Balaban J connectivity index is 2.02. The van der Waals surface area contributed by atoms with Gasteiger partial charge in [-0.2, -0.15) is 0 Å². The van der Waals surface area contributed by atoms with E-state index < -0.39 is 5.97 Å². The molecule has 4 nitrogen and oxygen atoms in total. The van der Waals surface area contributed by atoms with Gasteiger partial charge in [0.25, 0.3) is 0 Å². The Labute approximate surface area is 123 Å². The summed E-state index contributed by atoms with van der Waals surface area (Å²) < 4.78 is 12.9. The van der Waals surface area contributed by atoms with Crippen molar-refractivity contribution in [3.8, 4) is 0 Å². The highest BCUT2D eigenvalue weighted by Crippen LogP contribution is 2.31. The van der Waals surface area contributed by atoms with Crippen LogP contribution < -0.4 is 0 Å². The predicted octanol–water partition coefficient (Wildman–Crippen LogP) is 3.62. The molecule has 0 amide bonds. The van der Waals surface area contributed by atoms with Gasteiger partial charge in [0.2, 0.25) is 0 Å². The Bertz CT molecular complexity index is 822. The summed E-state index contributed by atoms with van der Waals surface area (Å²) in [4.78, 5) is 20.1. The minimum Gasteiger partial charge on any atom is -0.478 e. The van der Waals surface area contributed by atoms with E-state index in [4.69, 9.17) is 5.11 Å². The van der Waals surface area contributed by atoms with Gasteiger partial charge in [-0.3, -0.25) is 0 Å². The molecule has 0 spiro atoms. The highest BCUT2D eigenvalue weighted by Gasteiger charge is 2.09. The second-order valence-electron chi connectivity index (χ2n) is 4.27. The zero-order valence-electron chi connectivity index (χ0n) is 10.7. The summed E-state index contributed by atoms with van der Waals surface area (Å²) in [5.41, 5.74) is 0.744. The van der Waals surface area contributed by atoms with Crippen molar-refractivity contribution in [3.63, 3.8) is 0 Å². The Morgan fingerprint density at radius 1 is 1.10 bits per heavy atom. The van der Waals surface area contributed by atoms with E-state index >= 15 is 0 Å². The normalized spacial score (nSPS) is 10.7. The second kappa shape index (κ2) is 5.49. The van der Waals surface area contributed by atoms with E-state index in [2.05, 4.69) is 9.97 Å². The van der Waals surface area contributed by atoms with Gasteiger partial charge in [-0.05, 0) is 42.5 Å². The van der Waals surface area contributed by atoms with Crippen LogP contribution in [0.5, 0.6) is 0 Å². The molecule has 2 aromatic carbocycles. The lowest BCUT2D eigenvalue weighted by molar-refractivity contribution is 0.0697. The lowest BCUT2D eigenvalue weighted by Crippen LogP contribution is -1.96. The SMILES string of the molecule is O=C(O)c1ccc2c(Sc3ccc(F)cc3)ncnc2c1. The van der Waals surface area contributed by atoms with Crippen LogP contribution in [-0.2, 0) is 0 Å². The van der Waals surface area contributed by atoms with E-state index in [0.717, 1.165) is 10.3 Å². The summed E-state index contributed by atoms with van der Waals surface area (Å²) >= 11 is 1.37. The maximum absolute atomic E-state index is 12.9. The van der Waals surface area contributed by atoms with Crippen LogP contribution in [0.4, 0.5) is 4.39 Å². The molecule has 0 aliphatic heterocycles. The largest absolute Gasteiger partial charge is 0.478 e. The number of benzene rings is 2. The van der Waals surface area contributed by atoms with E-state index in [9.17, 15) is 9.18 Å². The number of halogens is 1. The van der Waals surface area contributed by atoms with Crippen LogP contribution in [0.25, 0.3) is 10.9 Å². The van der Waals surface area contributed by atoms with Crippen molar-refractivity contribution in [2.24, 2.45) is 0 Å². The molecule has 6 heteroatoms. The summed E-state index contributed by atoms with van der Waals surface area (Å²) in [6.45, 7) is 0. The molecule has 104 valence electrons.